The summed E-state index contributed by atoms with van der Waals surface area (Å²) in [6.07, 6.45) is 6.83. The van der Waals surface area contributed by atoms with Crippen molar-refractivity contribution in [1.29, 1.82) is 0 Å². The molecule has 1 aromatic carbocycles. The Morgan fingerprint density at radius 3 is 2.78 bits per heavy atom. The van der Waals surface area contributed by atoms with Gasteiger partial charge >= 0.3 is 0 Å². The number of carbonyl (C=O) groups is 1. The first-order valence-corrected chi connectivity index (χ1v) is 6.44. The summed E-state index contributed by atoms with van der Waals surface area (Å²) in [6.45, 7) is 5.16. The van der Waals surface area contributed by atoms with Gasteiger partial charge < -0.3 is 4.90 Å². The number of amides is 1. The molecule has 0 aliphatic carbocycles. The van der Waals surface area contributed by atoms with Crippen LogP contribution < -0.4 is 0 Å². The van der Waals surface area contributed by atoms with Crippen LogP contribution in [0.5, 0.6) is 0 Å². The summed E-state index contributed by atoms with van der Waals surface area (Å²) in [4.78, 5) is 14.0. The largest absolute Gasteiger partial charge is 0.331 e. The minimum Gasteiger partial charge on any atom is -0.331 e. The van der Waals surface area contributed by atoms with E-state index in [1.165, 1.54) is 5.56 Å². The molecule has 1 heterocycles. The zero-order valence-electron chi connectivity index (χ0n) is 10.6. The molecule has 94 valence electrons. The third-order valence-electron chi connectivity index (χ3n) is 3.19. The van der Waals surface area contributed by atoms with Crippen molar-refractivity contribution in [3.8, 4) is 0 Å². The lowest BCUT2D eigenvalue weighted by Crippen LogP contribution is -2.26. The molecule has 0 saturated heterocycles. The summed E-state index contributed by atoms with van der Waals surface area (Å²) in [5, 5.41) is 0. The Kier molecular flexibility index (Phi) is 4.35. The first-order chi connectivity index (χ1) is 8.81. The van der Waals surface area contributed by atoms with Crippen LogP contribution >= 0.6 is 0 Å². The van der Waals surface area contributed by atoms with E-state index in [0.717, 1.165) is 31.4 Å². The van der Waals surface area contributed by atoms with Crippen LogP contribution in [0.1, 0.15) is 24.8 Å². The molecule has 0 N–H and O–H groups in total. The van der Waals surface area contributed by atoms with Gasteiger partial charge in [0.2, 0.25) is 5.91 Å². The number of benzene rings is 1. The standard InChI is InChI=1S/C16H19NO/c1-2-3-5-10-15-11-12-17(16(15)18)13-14-8-6-4-7-9-14/h2,4,6-9,11H,1,3,5,10,12-13H2. The fraction of sp³-hybridized carbons (Fsp3) is 0.312. The second-order valence-electron chi connectivity index (χ2n) is 4.58. The molecule has 18 heavy (non-hydrogen) atoms. The normalized spacial score (nSPS) is 14.8. The Balaban J connectivity index is 1.87. The van der Waals surface area contributed by atoms with Gasteiger partial charge in [-0.3, -0.25) is 4.79 Å². The summed E-state index contributed by atoms with van der Waals surface area (Å²) >= 11 is 0. The van der Waals surface area contributed by atoms with E-state index in [9.17, 15) is 4.79 Å². The predicted octanol–water partition coefficient (Wildman–Crippen LogP) is 3.31. The van der Waals surface area contributed by atoms with Gasteiger partial charge in [-0.05, 0) is 24.8 Å². The summed E-state index contributed by atoms with van der Waals surface area (Å²) < 4.78 is 0. The lowest BCUT2D eigenvalue weighted by molar-refractivity contribution is -0.126. The quantitative estimate of drug-likeness (QED) is 0.552. The molecule has 0 unspecified atom stereocenters. The van der Waals surface area contributed by atoms with Crippen LogP contribution in [0.3, 0.4) is 0 Å². The first-order valence-electron chi connectivity index (χ1n) is 6.44. The minimum atomic E-state index is 0.197. The van der Waals surface area contributed by atoms with Crippen LogP contribution in [0, 0.1) is 0 Å². The number of carbonyl (C=O) groups excluding carboxylic acids is 1. The minimum absolute atomic E-state index is 0.197. The van der Waals surface area contributed by atoms with Crippen LogP contribution in [0.2, 0.25) is 0 Å². The van der Waals surface area contributed by atoms with E-state index in [0.29, 0.717) is 6.54 Å². The highest BCUT2D eigenvalue weighted by Crippen LogP contribution is 2.19. The molecule has 2 rings (SSSR count). The van der Waals surface area contributed by atoms with E-state index in [1.54, 1.807) is 0 Å². The fourth-order valence-electron chi connectivity index (χ4n) is 2.18. The number of nitrogens with zero attached hydrogens (tertiary/aromatic N) is 1. The number of hydrogen-bond acceptors (Lipinski definition) is 1. The van der Waals surface area contributed by atoms with Crippen LogP contribution in [0.4, 0.5) is 0 Å². The molecule has 0 atom stereocenters. The molecule has 1 amide bonds. The van der Waals surface area contributed by atoms with Crippen LogP contribution in [0.25, 0.3) is 0 Å². The van der Waals surface area contributed by atoms with Crippen molar-refractivity contribution >= 4 is 5.91 Å². The second kappa shape index (κ2) is 6.20. The van der Waals surface area contributed by atoms with Gasteiger partial charge in [-0.15, -0.1) is 6.58 Å². The van der Waals surface area contributed by atoms with Crippen LogP contribution in [-0.4, -0.2) is 17.4 Å². The second-order valence-corrected chi connectivity index (χ2v) is 4.58. The maximum Gasteiger partial charge on any atom is 0.250 e. The maximum absolute atomic E-state index is 12.1. The van der Waals surface area contributed by atoms with Crippen molar-refractivity contribution in [2.45, 2.75) is 25.8 Å². The molecule has 0 spiro atoms. The van der Waals surface area contributed by atoms with E-state index in [4.69, 9.17) is 0 Å². The van der Waals surface area contributed by atoms with E-state index in [2.05, 4.69) is 24.8 Å². The van der Waals surface area contributed by atoms with Gasteiger partial charge in [0.15, 0.2) is 0 Å². The Morgan fingerprint density at radius 2 is 2.06 bits per heavy atom. The SMILES string of the molecule is C=CCCCC1=CCN(Cc2ccccc2)C1=O. The number of hydrogen-bond donors (Lipinski definition) is 0. The first kappa shape index (κ1) is 12.6. The van der Waals surface area contributed by atoms with Gasteiger partial charge in [-0.25, -0.2) is 0 Å². The van der Waals surface area contributed by atoms with E-state index >= 15 is 0 Å². The van der Waals surface area contributed by atoms with Gasteiger partial charge in [0.05, 0.1) is 0 Å². The van der Waals surface area contributed by atoms with E-state index in [1.807, 2.05) is 29.2 Å². The fourth-order valence-corrected chi connectivity index (χ4v) is 2.18. The molecule has 1 aliphatic rings. The molecule has 0 aromatic heterocycles. The molecule has 1 aliphatic heterocycles. The maximum atomic E-state index is 12.1. The molecule has 2 nitrogen and oxygen atoms in total. The molecule has 0 bridgehead atoms. The Bertz CT molecular complexity index is 447. The smallest absolute Gasteiger partial charge is 0.250 e. The Morgan fingerprint density at radius 1 is 1.28 bits per heavy atom. The summed E-state index contributed by atoms with van der Waals surface area (Å²) in [5.74, 6) is 0.197. The highest BCUT2D eigenvalue weighted by Gasteiger charge is 2.22. The molecule has 0 fully saturated rings. The van der Waals surface area contributed by atoms with Crippen LogP contribution in [-0.2, 0) is 11.3 Å². The Hall–Kier alpha value is -1.83. The highest BCUT2D eigenvalue weighted by molar-refractivity contribution is 5.95. The van der Waals surface area contributed by atoms with Crippen molar-refractivity contribution in [2.24, 2.45) is 0 Å². The van der Waals surface area contributed by atoms with Crippen molar-refractivity contribution < 1.29 is 4.79 Å². The number of rotatable bonds is 6. The molecule has 2 heteroatoms. The summed E-state index contributed by atoms with van der Waals surface area (Å²) in [5.41, 5.74) is 2.15. The van der Waals surface area contributed by atoms with Gasteiger partial charge in [0.25, 0.3) is 0 Å². The zero-order valence-corrected chi connectivity index (χ0v) is 10.6. The number of allylic oxidation sites excluding steroid dienone is 1. The van der Waals surface area contributed by atoms with Gasteiger partial charge in [-0.1, -0.05) is 42.5 Å². The average Bonchev–Trinajstić information content (AvgIpc) is 2.73. The highest BCUT2D eigenvalue weighted by atomic mass is 16.2. The van der Waals surface area contributed by atoms with Crippen molar-refractivity contribution in [2.75, 3.05) is 6.54 Å². The molecule has 1 aromatic rings. The van der Waals surface area contributed by atoms with Crippen molar-refractivity contribution in [1.82, 2.24) is 4.90 Å². The lowest BCUT2D eigenvalue weighted by atomic mass is 10.1. The summed E-state index contributed by atoms with van der Waals surface area (Å²) in [6, 6.07) is 10.1. The predicted molar refractivity (Wildman–Crippen MR) is 74.0 cm³/mol. The monoisotopic (exact) mass is 241 g/mol. The summed E-state index contributed by atoms with van der Waals surface area (Å²) in [7, 11) is 0. The molecule has 0 radical (unpaired) electrons. The van der Waals surface area contributed by atoms with E-state index in [-0.39, 0.29) is 5.91 Å². The van der Waals surface area contributed by atoms with E-state index < -0.39 is 0 Å². The van der Waals surface area contributed by atoms with Gasteiger partial charge in [0.1, 0.15) is 0 Å². The molecular formula is C16H19NO. The van der Waals surface area contributed by atoms with Crippen molar-refractivity contribution in [3.05, 3.63) is 60.2 Å². The van der Waals surface area contributed by atoms with Crippen molar-refractivity contribution in [3.63, 3.8) is 0 Å². The van der Waals surface area contributed by atoms with Crippen LogP contribution in [0.15, 0.2) is 54.6 Å². The lowest BCUT2D eigenvalue weighted by Gasteiger charge is -2.16. The van der Waals surface area contributed by atoms with Gasteiger partial charge in [-0.2, -0.15) is 0 Å². The Labute approximate surface area is 109 Å². The molecule has 0 saturated carbocycles. The average molecular weight is 241 g/mol. The zero-order chi connectivity index (χ0) is 12.8. The third kappa shape index (κ3) is 3.10. The number of unbranched alkanes of at least 4 members (excludes halogenated alkanes) is 1. The topological polar surface area (TPSA) is 20.3 Å². The third-order valence-corrected chi connectivity index (χ3v) is 3.19. The molecular weight excluding hydrogens is 222 g/mol. The van der Waals surface area contributed by atoms with Gasteiger partial charge in [0, 0.05) is 18.7 Å².